The highest BCUT2D eigenvalue weighted by Crippen LogP contribution is 2.30. The van der Waals surface area contributed by atoms with Crippen LogP contribution in [0.2, 0.25) is 0 Å². The van der Waals surface area contributed by atoms with Crippen molar-refractivity contribution in [3.63, 3.8) is 0 Å². The lowest BCUT2D eigenvalue weighted by atomic mass is 10.0. The molecule has 2 atom stereocenters. The first-order valence-electron chi connectivity index (χ1n) is 6.79. The average Bonchev–Trinajstić information content (AvgIpc) is 2.46. The van der Waals surface area contributed by atoms with E-state index in [1.165, 1.54) is 0 Å². The normalized spacial score (nSPS) is 26.2. The molecule has 1 unspecified atom stereocenters. The minimum atomic E-state index is -0.814. The van der Waals surface area contributed by atoms with Crippen LogP contribution in [-0.4, -0.2) is 38.5 Å². The summed E-state index contributed by atoms with van der Waals surface area (Å²) in [5.41, 5.74) is 1.09. The molecule has 1 fully saturated rings. The van der Waals surface area contributed by atoms with Gasteiger partial charge in [0.15, 0.2) is 11.5 Å². The lowest BCUT2D eigenvalue weighted by Gasteiger charge is -2.27. The topological polar surface area (TPSA) is 42.5 Å². The molecular formula is C14H19FN2O2. The molecule has 0 radical (unpaired) electrons. The third kappa shape index (κ3) is 2.98. The van der Waals surface area contributed by atoms with Gasteiger partial charge in [-0.15, -0.1) is 0 Å². The van der Waals surface area contributed by atoms with Crippen molar-refractivity contribution < 1.29 is 13.9 Å². The zero-order valence-electron chi connectivity index (χ0n) is 10.8. The first-order valence-corrected chi connectivity index (χ1v) is 6.79. The van der Waals surface area contributed by atoms with Gasteiger partial charge in [-0.05, 0) is 30.7 Å². The minimum absolute atomic E-state index is 0.0607. The standard InChI is InChI=1S/C14H19FN2O2/c15-11-9-16-4-3-12(11)17-8-10-1-2-13-14(7-10)19-6-5-18-13/h1-2,7,11-12,16-17H,3-6,8-9H2/t11-,12?/m0/s1. The van der Waals surface area contributed by atoms with E-state index in [-0.39, 0.29) is 6.04 Å². The van der Waals surface area contributed by atoms with Crippen LogP contribution in [0.1, 0.15) is 12.0 Å². The van der Waals surface area contributed by atoms with Gasteiger partial charge in [0.1, 0.15) is 19.4 Å². The molecule has 0 amide bonds. The van der Waals surface area contributed by atoms with E-state index in [1.807, 2.05) is 18.2 Å². The third-order valence-electron chi connectivity index (χ3n) is 3.58. The fraction of sp³-hybridized carbons (Fsp3) is 0.571. The Morgan fingerprint density at radius 1 is 1.26 bits per heavy atom. The lowest BCUT2D eigenvalue weighted by molar-refractivity contribution is 0.171. The van der Waals surface area contributed by atoms with E-state index < -0.39 is 6.17 Å². The Hall–Kier alpha value is -1.33. The average molecular weight is 266 g/mol. The van der Waals surface area contributed by atoms with Crippen LogP contribution in [0.3, 0.4) is 0 Å². The van der Waals surface area contributed by atoms with E-state index in [4.69, 9.17) is 9.47 Å². The van der Waals surface area contributed by atoms with Crippen LogP contribution in [0.4, 0.5) is 4.39 Å². The summed E-state index contributed by atoms with van der Waals surface area (Å²) >= 11 is 0. The van der Waals surface area contributed by atoms with Gasteiger partial charge in [-0.25, -0.2) is 4.39 Å². The number of halogens is 1. The number of alkyl halides is 1. The van der Waals surface area contributed by atoms with E-state index >= 15 is 0 Å². The molecule has 4 nitrogen and oxygen atoms in total. The Bertz CT molecular complexity index is 441. The van der Waals surface area contributed by atoms with Crippen molar-refractivity contribution in [3.8, 4) is 11.5 Å². The molecule has 0 aromatic heterocycles. The summed E-state index contributed by atoms with van der Waals surface area (Å²) in [6, 6.07) is 5.82. The molecule has 2 N–H and O–H groups in total. The van der Waals surface area contributed by atoms with Crippen molar-refractivity contribution in [2.45, 2.75) is 25.2 Å². The van der Waals surface area contributed by atoms with Crippen LogP contribution in [0, 0.1) is 0 Å². The second-order valence-electron chi connectivity index (χ2n) is 4.97. The lowest BCUT2D eigenvalue weighted by Crippen LogP contribution is -2.48. The van der Waals surface area contributed by atoms with Crippen LogP contribution in [-0.2, 0) is 6.54 Å². The van der Waals surface area contributed by atoms with Crippen LogP contribution >= 0.6 is 0 Å². The van der Waals surface area contributed by atoms with Crippen molar-refractivity contribution in [1.29, 1.82) is 0 Å². The summed E-state index contributed by atoms with van der Waals surface area (Å²) in [6.45, 7) is 3.16. The molecule has 0 aliphatic carbocycles. The molecule has 0 saturated carbocycles. The number of piperidine rings is 1. The zero-order chi connectivity index (χ0) is 13.1. The van der Waals surface area contributed by atoms with Crippen LogP contribution < -0.4 is 20.1 Å². The summed E-state index contributed by atoms with van der Waals surface area (Å²) in [7, 11) is 0. The van der Waals surface area contributed by atoms with E-state index in [9.17, 15) is 4.39 Å². The highest BCUT2D eigenvalue weighted by Gasteiger charge is 2.23. The highest BCUT2D eigenvalue weighted by molar-refractivity contribution is 5.43. The largest absolute Gasteiger partial charge is 0.486 e. The van der Waals surface area contributed by atoms with Crippen molar-refractivity contribution in [2.75, 3.05) is 26.3 Å². The van der Waals surface area contributed by atoms with Gasteiger partial charge in [0.05, 0.1) is 0 Å². The van der Waals surface area contributed by atoms with Gasteiger partial charge >= 0.3 is 0 Å². The molecule has 3 rings (SSSR count). The second kappa shape index (κ2) is 5.75. The van der Waals surface area contributed by atoms with E-state index in [2.05, 4.69) is 10.6 Å². The maximum Gasteiger partial charge on any atom is 0.161 e. The molecule has 0 spiro atoms. The Balaban J connectivity index is 1.60. The van der Waals surface area contributed by atoms with Crippen molar-refractivity contribution in [1.82, 2.24) is 10.6 Å². The number of hydrogen-bond acceptors (Lipinski definition) is 4. The fourth-order valence-corrected chi connectivity index (χ4v) is 2.50. The number of fused-ring (bicyclic) bond motifs is 1. The predicted molar refractivity (Wildman–Crippen MR) is 70.4 cm³/mol. The van der Waals surface area contributed by atoms with Crippen LogP contribution in [0.15, 0.2) is 18.2 Å². The van der Waals surface area contributed by atoms with Gasteiger partial charge in [-0.2, -0.15) is 0 Å². The SMILES string of the molecule is F[C@H]1CNCCC1NCc1ccc2c(c1)OCCO2. The fourth-order valence-electron chi connectivity index (χ4n) is 2.50. The molecule has 1 aromatic carbocycles. The van der Waals surface area contributed by atoms with Gasteiger partial charge in [-0.3, -0.25) is 0 Å². The molecule has 1 saturated heterocycles. The monoisotopic (exact) mass is 266 g/mol. The number of benzene rings is 1. The Morgan fingerprint density at radius 2 is 2.11 bits per heavy atom. The predicted octanol–water partition coefficient (Wildman–Crippen LogP) is 1.25. The summed E-state index contributed by atoms with van der Waals surface area (Å²) in [6.07, 6.45) is 0.0112. The maximum absolute atomic E-state index is 13.7. The van der Waals surface area contributed by atoms with E-state index in [1.54, 1.807) is 0 Å². The number of ether oxygens (including phenoxy) is 2. The zero-order valence-corrected chi connectivity index (χ0v) is 10.8. The smallest absolute Gasteiger partial charge is 0.161 e. The molecule has 19 heavy (non-hydrogen) atoms. The molecule has 1 aromatic rings. The van der Waals surface area contributed by atoms with E-state index in [0.29, 0.717) is 26.3 Å². The Morgan fingerprint density at radius 3 is 2.95 bits per heavy atom. The van der Waals surface area contributed by atoms with Gasteiger partial charge in [-0.1, -0.05) is 6.07 Å². The summed E-state index contributed by atoms with van der Waals surface area (Å²) in [5.74, 6) is 1.58. The molecule has 5 heteroatoms. The second-order valence-corrected chi connectivity index (χ2v) is 4.97. The molecular weight excluding hydrogens is 247 g/mol. The molecule has 104 valence electrons. The quantitative estimate of drug-likeness (QED) is 0.864. The third-order valence-corrected chi connectivity index (χ3v) is 3.58. The van der Waals surface area contributed by atoms with Gasteiger partial charge in [0.25, 0.3) is 0 Å². The summed E-state index contributed by atoms with van der Waals surface area (Å²) in [5, 5.41) is 6.34. The maximum atomic E-state index is 13.7. The van der Waals surface area contributed by atoms with Gasteiger partial charge < -0.3 is 20.1 Å². The van der Waals surface area contributed by atoms with Crippen LogP contribution in [0.25, 0.3) is 0 Å². The van der Waals surface area contributed by atoms with Crippen molar-refractivity contribution in [2.24, 2.45) is 0 Å². The van der Waals surface area contributed by atoms with Gasteiger partial charge in [0, 0.05) is 19.1 Å². The van der Waals surface area contributed by atoms with Gasteiger partial charge in [0.2, 0.25) is 0 Å². The number of rotatable bonds is 3. The minimum Gasteiger partial charge on any atom is -0.486 e. The number of hydrogen-bond donors (Lipinski definition) is 2. The molecule has 0 bridgehead atoms. The molecule has 2 aliphatic rings. The Labute approximate surface area is 112 Å². The number of nitrogens with one attached hydrogen (secondary N) is 2. The summed E-state index contributed by atoms with van der Waals surface area (Å²) < 4.78 is 24.7. The van der Waals surface area contributed by atoms with Crippen LogP contribution in [0.5, 0.6) is 11.5 Å². The van der Waals surface area contributed by atoms with Crippen molar-refractivity contribution in [3.05, 3.63) is 23.8 Å². The first-order chi connectivity index (χ1) is 9.33. The van der Waals surface area contributed by atoms with E-state index in [0.717, 1.165) is 30.0 Å². The first kappa shape index (κ1) is 12.7. The molecule has 2 heterocycles. The highest BCUT2D eigenvalue weighted by atomic mass is 19.1. The Kier molecular flexibility index (Phi) is 3.84. The molecule has 2 aliphatic heterocycles. The van der Waals surface area contributed by atoms with Crippen molar-refractivity contribution >= 4 is 0 Å². The summed E-state index contributed by atoms with van der Waals surface area (Å²) in [4.78, 5) is 0.